The fourth-order valence-electron chi connectivity index (χ4n) is 5.27. The Morgan fingerprint density at radius 2 is 1.81 bits per heavy atom. The molecule has 2 heterocycles. The van der Waals surface area contributed by atoms with Crippen LogP contribution in [-0.4, -0.2) is 75.6 Å². The van der Waals surface area contributed by atoms with E-state index < -0.39 is 23.3 Å². The number of likely N-dealkylation sites (tertiary alicyclic amines) is 1. The van der Waals surface area contributed by atoms with Crippen molar-refractivity contribution in [3.05, 3.63) is 29.1 Å². The molecule has 4 rings (SSSR count). The third-order valence-electron chi connectivity index (χ3n) is 7.82. The fraction of sp³-hybridized carbons (Fsp3) is 0.667. The Morgan fingerprint density at radius 1 is 1.08 bits per heavy atom. The SMILES string of the molecule is O=C(CNC(=O)C1CC1)CC(C(=O)O)C1(O)CCN(C(=O)NCCCc2ccc3c(n2)CCCC3)CC1. The summed E-state index contributed by atoms with van der Waals surface area (Å²) in [5.41, 5.74) is 2.01. The number of hydrogen-bond donors (Lipinski definition) is 4. The van der Waals surface area contributed by atoms with Crippen molar-refractivity contribution in [2.75, 3.05) is 26.2 Å². The zero-order chi connectivity index (χ0) is 26.4. The van der Waals surface area contributed by atoms with Crippen LogP contribution in [0.4, 0.5) is 4.79 Å². The number of rotatable bonds is 11. The summed E-state index contributed by atoms with van der Waals surface area (Å²) >= 11 is 0. The summed E-state index contributed by atoms with van der Waals surface area (Å²) in [7, 11) is 0. The zero-order valence-corrected chi connectivity index (χ0v) is 21.3. The number of fused-ring (bicyclic) bond motifs is 1. The first kappa shape index (κ1) is 27.0. The summed E-state index contributed by atoms with van der Waals surface area (Å²) < 4.78 is 0. The van der Waals surface area contributed by atoms with Gasteiger partial charge in [0.25, 0.3) is 0 Å². The topological polar surface area (TPSA) is 149 Å². The first-order valence-corrected chi connectivity index (χ1v) is 13.5. The number of nitrogens with zero attached hydrogens (tertiary/aromatic N) is 2. The summed E-state index contributed by atoms with van der Waals surface area (Å²) in [6.07, 6.45) is 7.49. The lowest BCUT2D eigenvalue weighted by atomic mass is 9.77. The van der Waals surface area contributed by atoms with E-state index in [-0.39, 0.29) is 56.8 Å². The maximum Gasteiger partial charge on any atom is 0.317 e. The van der Waals surface area contributed by atoms with Crippen LogP contribution in [0.1, 0.15) is 68.3 Å². The molecule has 202 valence electrons. The van der Waals surface area contributed by atoms with Gasteiger partial charge >= 0.3 is 12.0 Å². The van der Waals surface area contributed by atoms with Crippen LogP contribution < -0.4 is 10.6 Å². The molecule has 1 atom stereocenters. The number of aliphatic hydroxyl groups is 1. The normalized spacial score (nSPS) is 19.4. The van der Waals surface area contributed by atoms with Gasteiger partial charge in [0.05, 0.1) is 18.1 Å². The molecule has 1 aromatic heterocycles. The molecule has 3 aliphatic rings. The molecule has 0 bridgehead atoms. The first-order valence-electron chi connectivity index (χ1n) is 13.5. The first-order chi connectivity index (χ1) is 17.7. The minimum Gasteiger partial charge on any atom is -0.481 e. The molecule has 37 heavy (non-hydrogen) atoms. The van der Waals surface area contributed by atoms with Gasteiger partial charge in [-0.2, -0.15) is 0 Å². The number of carboxylic acid groups (broad SMARTS) is 1. The van der Waals surface area contributed by atoms with Gasteiger partial charge in [-0.05, 0) is 75.8 Å². The number of nitrogens with one attached hydrogen (secondary N) is 2. The minimum absolute atomic E-state index is 0.0389. The van der Waals surface area contributed by atoms with Crippen LogP contribution in [0.2, 0.25) is 0 Å². The van der Waals surface area contributed by atoms with Crippen LogP contribution in [0, 0.1) is 11.8 Å². The Balaban J connectivity index is 1.18. The van der Waals surface area contributed by atoms with Crippen LogP contribution in [0.25, 0.3) is 0 Å². The van der Waals surface area contributed by atoms with Gasteiger partial charge < -0.3 is 25.7 Å². The van der Waals surface area contributed by atoms with Crippen molar-refractivity contribution in [2.24, 2.45) is 11.8 Å². The number of urea groups is 1. The standard InChI is InChI=1S/C27H38N4O6/c32-21(17-29-24(33)19-7-8-19)16-22(25(34)35)27(37)11-14-31(15-12-27)26(36)28-13-3-5-20-10-9-18-4-1-2-6-23(18)30-20/h9-10,19,22,37H,1-8,11-17H2,(H,28,36)(H,29,33)(H,34,35). The van der Waals surface area contributed by atoms with E-state index in [2.05, 4.69) is 22.8 Å². The number of piperidine rings is 1. The highest BCUT2D eigenvalue weighted by atomic mass is 16.4. The lowest BCUT2D eigenvalue weighted by Gasteiger charge is -2.41. The maximum atomic E-state index is 12.6. The van der Waals surface area contributed by atoms with E-state index in [0.29, 0.717) is 6.54 Å². The second-order valence-electron chi connectivity index (χ2n) is 10.7. The van der Waals surface area contributed by atoms with Gasteiger partial charge in [0.15, 0.2) is 5.78 Å². The smallest absolute Gasteiger partial charge is 0.317 e. The Hall–Kier alpha value is -3.01. The minimum atomic E-state index is -1.59. The maximum absolute atomic E-state index is 12.6. The van der Waals surface area contributed by atoms with Crippen LogP contribution in [-0.2, 0) is 33.6 Å². The van der Waals surface area contributed by atoms with Gasteiger partial charge in [-0.15, -0.1) is 0 Å². The van der Waals surface area contributed by atoms with Crippen LogP contribution >= 0.6 is 0 Å². The molecule has 3 amide bonds. The van der Waals surface area contributed by atoms with E-state index in [0.717, 1.165) is 44.2 Å². The average Bonchev–Trinajstić information content (AvgIpc) is 3.74. The molecular formula is C27H38N4O6. The molecule has 2 aliphatic carbocycles. The summed E-state index contributed by atoms with van der Waals surface area (Å²) in [5, 5.41) is 26.2. The van der Waals surface area contributed by atoms with Crippen molar-refractivity contribution in [1.82, 2.24) is 20.5 Å². The molecule has 10 nitrogen and oxygen atoms in total. The van der Waals surface area contributed by atoms with Crippen molar-refractivity contribution in [2.45, 2.75) is 76.2 Å². The van der Waals surface area contributed by atoms with E-state index >= 15 is 0 Å². The van der Waals surface area contributed by atoms with Crippen molar-refractivity contribution in [1.29, 1.82) is 0 Å². The highest BCUT2D eigenvalue weighted by molar-refractivity contribution is 5.90. The van der Waals surface area contributed by atoms with Gasteiger partial charge in [0.2, 0.25) is 5.91 Å². The molecule has 1 saturated heterocycles. The third-order valence-corrected chi connectivity index (χ3v) is 7.82. The summed E-state index contributed by atoms with van der Waals surface area (Å²) in [4.78, 5) is 54.9. The van der Waals surface area contributed by atoms with Gasteiger partial charge in [-0.3, -0.25) is 19.4 Å². The van der Waals surface area contributed by atoms with Crippen molar-refractivity contribution in [3.63, 3.8) is 0 Å². The number of Topliss-reactive ketones (excluding diaryl/α,β-unsaturated/α-hetero) is 1. The van der Waals surface area contributed by atoms with Crippen molar-refractivity contribution >= 4 is 23.7 Å². The van der Waals surface area contributed by atoms with Gasteiger partial charge in [-0.25, -0.2) is 4.79 Å². The number of ketones is 1. The van der Waals surface area contributed by atoms with Crippen LogP contribution in [0.15, 0.2) is 12.1 Å². The van der Waals surface area contributed by atoms with Gasteiger partial charge in [-0.1, -0.05) is 6.07 Å². The molecular weight excluding hydrogens is 476 g/mol. The van der Waals surface area contributed by atoms with E-state index in [1.165, 1.54) is 24.1 Å². The van der Waals surface area contributed by atoms with E-state index in [1.807, 2.05) is 0 Å². The molecule has 10 heteroatoms. The van der Waals surface area contributed by atoms with Crippen molar-refractivity contribution < 1.29 is 29.4 Å². The van der Waals surface area contributed by atoms with E-state index in [9.17, 15) is 29.4 Å². The molecule has 2 fully saturated rings. The number of carboxylic acids is 1. The summed E-state index contributed by atoms with van der Waals surface area (Å²) in [6, 6.07) is 4.00. The average molecular weight is 515 g/mol. The Kier molecular flexibility index (Phi) is 8.79. The highest BCUT2D eigenvalue weighted by Gasteiger charge is 2.45. The number of hydrogen-bond acceptors (Lipinski definition) is 6. The molecule has 0 aromatic carbocycles. The van der Waals surface area contributed by atoms with E-state index in [1.54, 1.807) is 4.90 Å². The Labute approximate surface area is 217 Å². The molecule has 1 aliphatic heterocycles. The van der Waals surface area contributed by atoms with Crippen molar-refractivity contribution in [3.8, 4) is 0 Å². The number of aromatic nitrogens is 1. The van der Waals surface area contributed by atoms with Crippen LogP contribution in [0.3, 0.4) is 0 Å². The lowest BCUT2D eigenvalue weighted by Crippen LogP contribution is -2.54. The van der Waals surface area contributed by atoms with Gasteiger partial charge in [0, 0.05) is 43.4 Å². The number of pyridine rings is 1. The molecule has 4 N–H and O–H groups in total. The Bertz CT molecular complexity index is 1020. The number of carbonyl (C=O) groups excluding carboxylic acids is 3. The third kappa shape index (κ3) is 7.28. The van der Waals surface area contributed by atoms with E-state index in [4.69, 9.17) is 4.98 Å². The predicted octanol–water partition coefficient (Wildman–Crippen LogP) is 1.62. The molecule has 1 unspecified atom stereocenters. The Morgan fingerprint density at radius 3 is 2.51 bits per heavy atom. The van der Waals surface area contributed by atoms with Crippen LogP contribution in [0.5, 0.6) is 0 Å². The number of carbonyl (C=O) groups is 4. The molecule has 1 saturated carbocycles. The molecule has 0 radical (unpaired) electrons. The molecule has 1 aromatic rings. The fourth-order valence-corrected chi connectivity index (χ4v) is 5.27. The summed E-state index contributed by atoms with van der Waals surface area (Å²) in [5.74, 6) is -3.19. The lowest BCUT2D eigenvalue weighted by molar-refractivity contribution is -0.158. The monoisotopic (exact) mass is 514 g/mol. The zero-order valence-electron chi connectivity index (χ0n) is 21.3. The second-order valence-corrected chi connectivity index (χ2v) is 10.7. The number of aryl methyl sites for hydroxylation is 3. The van der Waals surface area contributed by atoms with Gasteiger partial charge in [0.1, 0.15) is 0 Å². The number of aliphatic carboxylic acids is 1. The largest absolute Gasteiger partial charge is 0.481 e. The molecule has 0 spiro atoms. The number of amides is 3. The quantitative estimate of drug-likeness (QED) is 0.328. The second kappa shape index (κ2) is 12.0. The summed E-state index contributed by atoms with van der Waals surface area (Å²) in [6.45, 7) is 0.665. The predicted molar refractivity (Wildman–Crippen MR) is 135 cm³/mol. The highest BCUT2D eigenvalue weighted by Crippen LogP contribution is 2.33.